The molecule has 1 unspecified atom stereocenters. The van der Waals surface area contributed by atoms with Gasteiger partial charge in [-0.25, -0.2) is 0 Å². The van der Waals surface area contributed by atoms with Gasteiger partial charge in [0.15, 0.2) is 0 Å². The van der Waals surface area contributed by atoms with Gasteiger partial charge in [-0.05, 0) is 38.4 Å². The van der Waals surface area contributed by atoms with Crippen LogP contribution in [-0.2, 0) is 4.79 Å². The zero-order valence-electron chi connectivity index (χ0n) is 10.5. The van der Waals surface area contributed by atoms with E-state index in [9.17, 15) is 4.79 Å². The molecule has 0 aliphatic carbocycles. The fraction of sp³-hybridized carbons (Fsp3) is 0.917. The molecule has 0 spiro atoms. The summed E-state index contributed by atoms with van der Waals surface area (Å²) in [6.45, 7) is 8.02. The molecule has 0 aromatic carbocycles. The molecule has 4 nitrogen and oxygen atoms in total. The molecule has 1 aliphatic heterocycles. The van der Waals surface area contributed by atoms with Crippen molar-refractivity contribution in [3.63, 3.8) is 0 Å². The van der Waals surface area contributed by atoms with Gasteiger partial charge in [0.05, 0.1) is 6.04 Å². The second kappa shape index (κ2) is 6.86. The average molecular weight is 227 g/mol. The second-order valence-electron chi connectivity index (χ2n) is 4.66. The number of hydrogen-bond donors (Lipinski definition) is 2. The summed E-state index contributed by atoms with van der Waals surface area (Å²) in [6, 6.07) is -0.192. The van der Waals surface area contributed by atoms with Crippen LogP contribution in [0.5, 0.6) is 0 Å². The van der Waals surface area contributed by atoms with Crippen molar-refractivity contribution in [1.82, 2.24) is 10.2 Å². The van der Waals surface area contributed by atoms with E-state index in [4.69, 9.17) is 5.73 Å². The van der Waals surface area contributed by atoms with E-state index < -0.39 is 0 Å². The lowest BCUT2D eigenvalue weighted by Crippen LogP contribution is -2.50. The number of carbonyl (C=O) groups excluding carboxylic acids is 1. The molecular formula is C12H25N3O. The maximum Gasteiger partial charge on any atom is 0.235 e. The number of hydrogen-bond acceptors (Lipinski definition) is 3. The highest BCUT2D eigenvalue weighted by Crippen LogP contribution is 2.19. The van der Waals surface area contributed by atoms with Crippen LogP contribution < -0.4 is 11.1 Å². The SMILES string of the molecule is CCNC(CN1CCC(CC)CC1)C(N)=O. The molecule has 1 amide bonds. The van der Waals surface area contributed by atoms with Crippen molar-refractivity contribution in [2.24, 2.45) is 11.7 Å². The van der Waals surface area contributed by atoms with Gasteiger partial charge in [0.1, 0.15) is 0 Å². The van der Waals surface area contributed by atoms with Crippen LogP contribution in [-0.4, -0.2) is 43.0 Å². The van der Waals surface area contributed by atoms with Crippen molar-refractivity contribution in [2.75, 3.05) is 26.2 Å². The first-order valence-electron chi connectivity index (χ1n) is 6.42. The van der Waals surface area contributed by atoms with Gasteiger partial charge >= 0.3 is 0 Å². The van der Waals surface area contributed by atoms with E-state index in [1.165, 1.54) is 19.3 Å². The number of likely N-dealkylation sites (N-methyl/N-ethyl adjacent to an activating group) is 1. The topological polar surface area (TPSA) is 58.4 Å². The van der Waals surface area contributed by atoms with Gasteiger partial charge in [-0.2, -0.15) is 0 Å². The highest BCUT2D eigenvalue weighted by molar-refractivity contribution is 5.80. The van der Waals surface area contributed by atoms with E-state index >= 15 is 0 Å². The molecule has 0 aromatic heterocycles. The van der Waals surface area contributed by atoms with E-state index in [1.54, 1.807) is 0 Å². The molecule has 4 heteroatoms. The molecule has 0 bridgehead atoms. The Morgan fingerprint density at radius 2 is 2.06 bits per heavy atom. The number of primary amides is 1. The monoisotopic (exact) mass is 227 g/mol. The number of piperidine rings is 1. The van der Waals surface area contributed by atoms with E-state index in [1.807, 2.05) is 6.92 Å². The Labute approximate surface area is 98.6 Å². The average Bonchev–Trinajstić information content (AvgIpc) is 2.29. The highest BCUT2D eigenvalue weighted by atomic mass is 16.1. The summed E-state index contributed by atoms with van der Waals surface area (Å²) in [5.74, 6) is 0.641. The summed E-state index contributed by atoms with van der Waals surface area (Å²) in [7, 11) is 0. The summed E-state index contributed by atoms with van der Waals surface area (Å²) in [4.78, 5) is 13.6. The van der Waals surface area contributed by atoms with Gasteiger partial charge in [-0.3, -0.25) is 4.79 Å². The molecule has 0 aromatic rings. The van der Waals surface area contributed by atoms with Gasteiger partial charge in [0, 0.05) is 6.54 Å². The predicted molar refractivity (Wildman–Crippen MR) is 66.1 cm³/mol. The lowest BCUT2D eigenvalue weighted by Gasteiger charge is -2.33. The summed E-state index contributed by atoms with van der Waals surface area (Å²) in [5.41, 5.74) is 5.37. The van der Waals surface area contributed by atoms with Crippen molar-refractivity contribution in [2.45, 2.75) is 39.2 Å². The van der Waals surface area contributed by atoms with Crippen LogP contribution in [0.4, 0.5) is 0 Å². The summed E-state index contributed by atoms with van der Waals surface area (Å²) in [5, 5.41) is 3.14. The molecule has 3 N–H and O–H groups in total. The number of likely N-dealkylation sites (tertiary alicyclic amines) is 1. The molecule has 16 heavy (non-hydrogen) atoms. The third-order valence-corrected chi connectivity index (χ3v) is 3.52. The minimum atomic E-state index is -0.237. The third-order valence-electron chi connectivity index (χ3n) is 3.52. The first-order valence-corrected chi connectivity index (χ1v) is 6.42. The molecule has 0 saturated carbocycles. The first-order chi connectivity index (χ1) is 7.67. The molecule has 0 radical (unpaired) electrons. The number of amides is 1. The van der Waals surface area contributed by atoms with Crippen LogP contribution in [0.2, 0.25) is 0 Å². The molecule has 1 atom stereocenters. The second-order valence-corrected chi connectivity index (χ2v) is 4.66. The smallest absolute Gasteiger partial charge is 0.235 e. The summed E-state index contributed by atoms with van der Waals surface area (Å²) >= 11 is 0. The van der Waals surface area contributed by atoms with Crippen LogP contribution in [0, 0.1) is 5.92 Å². The van der Waals surface area contributed by atoms with Crippen molar-refractivity contribution >= 4 is 5.91 Å². The molecule has 1 rings (SSSR count). The van der Waals surface area contributed by atoms with Crippen LogP contribution in [0.25, 0.3) is 0 Å². The summed E-state index contributed by atoms with van der Waals surface area (Å²) in [6.07, 6.45) is 3.79. The normalized spacial score (nSPS) is 20.9. The zero-order valence-corrected chi connectivity index (χ0v) is 10.5. The van der Waals surface area contributed by atoms with Gasteiger partial charge < -0.3 is 16.0 Å². The first kappa shape index (κ1) is 13.5. The molecule has 1 saturated heterocycles. The predicted octanol–water partition coefficient (Wildman–Crippen LogP) is 0.572. The Morgan fingerprint density at radius 3 is 2.50 bits per heavy atom. The number of nitrogens with one attached hydrogen (secondary N) is 1. The van der Waals surface area contributed by atoms with Gasteiger partial charge in [0.25, 0.3) is 0 Å². The van der Waals surface area contributed by atoms with Crippen molar-refractivity contribution < 1.29 is 4.79 Å². The standard InChI is InChI=1S/C12H25N3O/c1-3-10-5-7-15(8-6-10)9-11(12(13)16)14-4-2/h10-11,14H,3-9H2,1-2H3,(H2,13,16). The largest absolute Gasteiger partial charge is 0.368 e. The highest BCUT2D eigenvalue weighted by Gasteiger charge is 2.22. The minimum absolute atomic E-state index is 0.192. The van der Waals surface area contributed by atoms with Gasteiger partial charge in [0.2, 0.25) is 5.91 Å². The van der Waals surface area contributed by atoms with Gasteiger partial charge in [-0.1, -0.05) is 20.3 Å². The lowest BCUT2D eigenvalue weighted by molar-refractivity contribution is -0.120. The number of rotatable bonds is 6. The van der Waals surface area contributed by atoms with Gasteiger partial charge in [-0.15, -0.1) is 0 Å². The fourth-order valence-electron chi connectivity index (χ4n) is 2.34. The van der Waals surface area contributed by atoms with E-state index in [0.29, 0.717) is 0 Å². The van der Waals surface area contributed by atoms with Crippen LogP contribution in [0.3, 0.4) is 0 Å². The van der Waals surface area contributed by atoms with Crippen LogP contribution in [0.15, 0.2) is 0 Å². The van der Waals surface area contributed by atoms with E-state index in [2.05, 4.69) is 17.1 Å². The minimum Gasteiger partial charge on any atom is -0.368 e. The molecule has 1 heterocycles. The van der Waals surface area contributed by atoms with Crippen molar-refractivity contribution in [3.8, 4) is 0 Å². The molecular weight excluding hydrogens is 202 g/mol. The van der Waals surface area contributed by atoms with Crippen molar-refractivity contribution in [3.05, 3.63) is 0 Å². The Morgan fingerprint density at radius 1 is 1.44 bits per heavy atom. The Balaban J connectivity index is 2.33. The van der Waals surface area contributed by atoms with E-state index in [0.717, 1.165) is 32.1 Å². The maximum atomic E-state index is 11.2. The number of nitrogens with zero attached hydrogens (tertiary/aromatic N) is 1. The number of nitrogens with two attached hydrogens (primary N) is 1. The van der Waals surface area contributed by atoms with Crippen LogP contribution >= 0.6 is 0 Å². The van der Waals surface area contributed by atoms with E-state index in [-0.39, 0.29) is 11.9 Å². The van der Waals surface area contributed by atoms with Crippen LogP contribution in [0.1, 0.15) is 33.1 Å². The lowest BCUT2D eigenvalue weighted by atomic mass is 9.94. The Hall–Kier alpha value is -0.610. The van der Waals surface area contributed by atoms with Crippen molar-refractivity contribution in [1.29, 1.82) is 0 Å². The Kier molecular flexibility index (Phi) is 5.77. The zero-order chi connectivity index (χ0) is 12.0. The third kappa shape index (κ3) is 4.10. The number of carbonyl (C=O) groups is 1. The maximum absolute atomic E-state index is 11.2. The quantitative estimate of drug-likeness (QED) is 0.697. The molecule has 94 valence electrons. The molecule has 1 fully saturated rings. The fourth-order valence-corrected chi connectivity index (χ4v) is 2.34. The molecule has 1 aliphatic rings. The Bertz CT molecular complexity index is 212. The summed E-state index contributed by atoms with van der Waals surface area (Å²) < 4.78 is 0.